The van der Waals surface area contributed by atoms with Gasteiger partial charge in [-0.25, -0.2) is 4.99 Å². The van der Waals surface area contributed by atoms with E-state index in [-0.39, 0.29) is 11.9 Å². The lowest BCUT2D eigenvalue weighted by molar-refractivity contribution is -0.0345. The monoisotopic (exact) mass is 586 g/mol. The molecule has 11 heteroatoms. The first-order chi connectivity index (χ1) is 21.1. The molecule has 4 aliphatic rings. The molecule has 0 aliphatic carbocycles. The van der Waals surface area contributed by atoms with Gasteiger partial charge in [0.05, 0.1) is 39.1 Å². The van der Waals surface area contributed by atoms with Crippen LogP contribution < -0.4 is 20.1 Å². The molecule has 43 heavy (non-hydrogen) atoms. The van der Waals surface area contributed by atoms with Crippen molar-refractivity contribution in [3.8, 4) is 17.6 Å². The zero-order valence-corrected chi connectivity index (χ0v) is 24.5. The summed E-state index contributed by atoms with van der Waals surface area (Å²) in [4.78, 5) is 23.4. The third kappa shape index (κ3) is 6.53. The number of carbonyl (C=O) groups excluding carboxylic acids is 1. The third-order valence-corrected chi connectivity index (χ3v) is 8.40. The summed E-state index contributed by atoms with van der Waals surface area (Å²) in [5.41, 5.74) is 2.38. The van der Waals surface area contributed by atoms with Gasteiger partial charge in [-0.05, 0) is 30.3 Å². The van der Waals surface area contributed by atoms with Crippen molar-refractivity contribution < 1.29 is 23.7 Å². The molecule has 0 radical (unpaired) electrons. The van der Waals surface area contributed by atoms with Crippen molar-refractivity contribution in [1.29, 1.82) is 5.26 Å². The van der Waals surface area contributed by atoms with Crippen LogP contribution in [0.25, 0.3) is 0 Å². The number of aliphatic imine (C=N–C) groups is 1. The summed E-state index contributed by atoms with van der Waals surface area (Å²) in [7, 11) is 1.66. The summed E-state index contributed by atoms with van der Waals surface area (Å²) in [6.45, 7) is 7.72. The van der Waals surface area contributed by atoms with E-state index in [0.717, 1.165) is 70.1 Å². The second-order valence-electron chi connectivity index (χ2n) is 11.2. The molecule has 4 heterocycles. The molecule has 4 aliphatic heterocycles. The summed E-state index contributed by atoms with van der Waals surface area (Å²) >= 11 is 0. The highest BCUT2D eigenvalue weighted by atomic mass is 16.5. The Morgan fingerprint density at radius 2 is 1.91 bits per heavy atom. The number of methoxy groups -OCH3 is 1. The molecule has 2 aromatic rings. The summed E-state index contributed by atoms with van der Waals surface area (Å²) in [5.74, 6) is -0.634. The van der Waals surface area contributed by atoms with E-state index in [1.807, 2.05) is 18.2 Å². The van der Waals surface area contributed by atoms with Crippen LogP contribution in [0.3, 0.4) is 0 Å². The highest BCUT2D eigenvalue weighted by Crippen LogP contribution is 2.31. The summed E-state index contributed by atoms with van der Waals surface area (Å²) < 4.78 is 22.7. The van der Waals surface area contributed by atoms with E-state index in [9.17, 15) is 10.1 Å². The number of benzene rings is 2. The number of morpholine rings is 1. The SMILES string of the molecule is COc1cc(NC2(C(=O)c3ccc(OC4CCOCC4)c(C#N)c3)N=CC=CN2)ccc1CN1CC(N2CCOCC2)C1. The number of allylic oxidation sites excluding steroid dienone is 1. The van der Waals surface area contributed by atoms with Crippen LogP contribution in [0.1, 0.15) is 34.3 Å². The third-order valence-electron chi connectivity index (χ3n) is 8.40. The predicted octanol–water partition coefficient (Wildman–Crippen LogP) is 2.78. The largest absolute Gasteiger partial charge is 0.496 e. The number of ether oxygens (including phenoxy) is 4. The number of nitriles is 1. The lowest BCUT2D eigenvalue weighted by Gasteiger charge is -2.46. The van der Waals surface area contributed by atoms with Crippen molar-refractivity contribution >= 4 is 17.7 Å². The highest BCUT2D eigenvalue weighted by molar-refractivity contribution is 6.06. The van der Waals surface area contributed by atoms with E-state index < -0.39 is 5.79 Å². The number of nitrogens with zero attached hydrogens (tertiary/aromatic N) is 4. The number of likely N-dealkylation sites (tertiary alicyclic amines) is 1. The maximum Gasteiger partial charge on any atom is 0.270 e. The van der Waals surface area contributed by atoms with Crippen molar-refractivity contribution in [2.24, 2.45) is 4.99 Å². The number of carbonyl (C=O) groups is 1. The molecule has 0 bridgehead atoms. The van der Waals surface area contributed by atoms with E-state index in [2.05, 4.69) is 31.5 Å². The lowest BCUT2D eigenvalue weighted by Crippen LogP contribution is -2.60. The van der Waals surface area contributed by atoms with Crippen LogP contribution in [-0.4, -0.2) is 99.4 Å². The summed E-state index contributed by atoms with van der Waals surface area (Å²) in [6.07, 6.45) is 6.48. The zero-order chi connectivity index (χ0) is 29.6. The van der Waals surface area contributed by atoms with Crippen molar-refractivity contribution in [2.75, 3.05) is 65.0 Å². The number of ketones is 1. The van der Waals surface area contributed by atoms with Gasteiger partial charge in [-0.2, -0.15) is 5.26 Å². The molecule has 0 saturated carbocycles. The Kier molecular flexibility index (Phi) is 8.90. The van der Waals surface area contributed by atoms with E-state index in [4.69, 9.17) is 18.9 Å². The molecule has 3 fully saturated rings. The van der Waals surface area contributed by atoms with Crippen LogP contribution >= 0.6 is 0 Å². The van der Waals surface area contributed by atoms with Gasteiger partial charge in [-0.1, -0.05) is 6.07 Å². The molecule has 0 spiro atoms. The molecular formula is C32H38N6O5. The first kappa shape index (κ1) is 29.1. The smallest absolute Gasteiger partial charge is 0.270 e. The van der Waals surface area contributed by atoms with Crippen LogP contribution in [0, 0.1) is 11.3 Å². The van der Waals surface area contributed by atoms with Gasteiger partial charge in [0.1, 0.15) is 23.7 Å². The van der Waals surface area contributed by atoms with Gasteiger partial charge in [-0.15, -0.1) is 0 Å². The molecule has 0 amide bonds. The highest BCUT2D eigenvalue weighted by Gasteiger charge is 2.39. The molecule has 2 aromatic carbocycles. The standard InChI is InChI=1S/C32H38N6O5/c1-40-30-18-26(5-3-24(30)20-37-21-27(22-37)38-11-15-42-16-12-38)36-32(34-9-2-10-35-32)31(39)23-4-6-29(25(17-23)19-33)43-28-7-13-41-14-8-28/h2-6,9-10,17-18,27-28,34,36H,7-8,11-16,20-22H2,1H3. The minimum absolute atomic E-state index is 0.0181. The Bertz CT molecular complexity index is 1410. The average Bonchev–Trinajstić information content (AvgIpc) is 3.04. The molecule has 3 saturated heterocycles. The minimum Gasteiger partial charge on any atom is -0.496 e. The maximum atomic E-state index is 14.0. The van der Waals surface area contributed by atoms with Gasteiger partial charge in [0.15, 0.2) is 0 Å². The van der Waals surface area contributed by atoms with Gasteiger partial charge in [-0.3, -0.25) is 14.6 Å². The Balaban J connectivity index is 1.16. The van der Waals surface area contributed by atoms with Crippen LogP contribution in [0.5, 0.6) is 11.5 Å². The molecule has 1 atom stereocenters. The molecule has 11 nitrogen and oxygen atoms in total. The van der Waals surface area contributed by atoms with Crippen LogP contribution in [0.15, 0.2) is 53.7 Å². The summed E-state index contributed by atoms with van der Waals surface area (Å²) in [5, 5.41) is 16.2. The summed E-state index contributed by atoms with van der Waals surface area (Å²) in [6, 6.07) is 13.6. The number of hydrogen-bond donors (Lipinski definition) is 2. The zero-order valence-electron chi connectivity index (χ0n) is 24.5. The Morgan fingerprint density at radius 3 is 2.63 bits per heavy atom. The van der Waals surface area contributed by atoms with Crippen molar-refractivity contribution in [1.82, 2.24) is 15.1 Å². The van der Waals surface area contributed by atoms with Crippen LogP contribution in [-0.2, 0) is 16.0 Å². The fraction of sp³-hybridized carbons (Fsp3) is 0.469. The molecule has 6 rings (SSSR count). The maximum absolute atomic E-state index is 14.0. The number of hydrogen-bond acceptors (Lipinski definition) is 11. The average molecular weight is 587 g/mol. The lowest BCUT2D eigenvalue weighted by atomic mass is 10.0. The fourth-order valence-electron chi connectivity index (χ4n) is 5.94. The van der Waals surface area contributed by atoms with Crippen LogP contribution in [0.2, 0.25) is 0 Å². The van der Waals surface area contributed by atoms with E-state index in [1.165, 1.54) is 0 Å². The Hall–Kier alpha value is -3.95. The molecule has 0 aromatic heterocycles. The van der Waals surface area contributed by atoms with Crippen molar-refractivity contribution in [3.05, 3.63) is 65.4 Å². The molecular weight excluding hydrogens is 548 g/mol. The van der Waals surface area contributed by atoms with E-state index in [0.29, 0.717) is 41.8 Å². The van der Waals surface area contributed by atoms with Gasteiger partial charge in [0.25, 0.3) is 5.79 Å². The van der Waals surface area contributed by atoms with Gasteiger partial charge < -0.3 is 29.6 Å². The predicted molar refractivity (Wildman–Crippen MR) is 162 cm³/mol. The van der Waals surface area contributed by atoms with Crippen molar-refractivity contribution in [2.45, 2.75) is 37.3 Å². The van der Waals surface area contributed by atoms with Gasteiger partial charge >= 0.3 is 0 Å². The normalized spacial score (nSPS) is 23.2. The van der Waals surface area contributed by atoms with Gasteiger partial charge in [0.2, 0.25) is 5.78 Å². The first-order valence-corrected chi connectivity index (χ1v) is 14.9. The van der Waals surface area contributed by atoms with Crippen molar-refractivity contribution in [3.63, 3.8) is 0 Å². The molecule has 2 N–H and O–H groups in total. The number of Topliss-reactive ketones (excluding diaryl/α,β-unsaturated/α-hetero) is 1. The number of nitrogens with one attached hydrogen (secondary N) is 2. The Morgan fingerprint density at radius 1 is 1.12 bits per heavy atom. The second-order valence-corrected chi connectivity index (χ2v) is 11.2. The fourth-order valence-corrected chi connectivity index (χ4v) is 5.94. The van der Waals surface area contributed by atoms with E-state index in [1.54, 1.807) is 43.8 Å². The minimum atomic E-state index is -1.50. The number of rotatable bonds is 10. The number of anilines is 1. The quantitative estimate of drug-likeness (QED) is 0.402. The first-order valence-electron chi connectivity index (χ1n) is 14.9. The van der Waals surface area contributed by atoms with E-state index >= 15 is 0 Å². The van der Waals surface area contributed by atoms with Gasteiger partial charge in [0, 0.05) is 86.9 Å². The molecule has 1 unspecified atom stereocenters. The second kappa shape index (κ2) is 13.1. The topological polar surface area (TPSA) is 121 Å². The van der Waals surface area contributed by atoms with Crippen LogP contribution in [0.4, 0.5) is 5.69 Å². The Labute approximate surface area is 252 Å². The molecule has 226 valence electrons.